The van der Waals surface area contributed by atoms with E-state index in [-0.39, 0.29) is 0 Å². The maximum Gasteiger partial charge on any atom is 0.346 e. The van der Waals surface area contributed by atoms with E-state index in [1.54, 1.807) is 72.8 Å². The Kier molecular flexibility index (Phi) is 5.60. The third-order valence-electron chi connectivity index (χ3n) is 4.54. The van der Waals surface area contributed by atoms with Crippen LogP contribution in [0.15, 0.2) is 83.1 Å². The first-order valence-electron chi connectivity index (χ1n) is 9.08. The molecule has 0 saturated carbocycles. The van der Waals surface area contributed by atoms with E-state index < -0.39 is 22.5 Å². The highest BCUT2D eigenvalue weighted by atomic mass is 35.5. The van der Waals surface area contributed by atoms with Crippen LogP contribution >= 0.6 is 23.2 Å². The predicted octanol–water partition coefficient (Wildman–Crippen LogP) is 4.55. The third kappa shape index (κ3) is 3.86. The smallest absolute Gasteiger partial charge is 0.268 e. The molecule has 0 aliphatic carbocycles. The van der Waals surface area contributed by atoms with Gasteiger partial charge in [0.15, 0.2) is 11.7 Å². The number of benzene rings is 3. The van der Waals surface area contributed by atoms with Crippen molar-refractivity contribution in [1.82, 2.24) is 0 Å². The lowest BCUT2D eigenvalue weighted by Crippen LogP contribution is -2.29. The van der Waals surface area contributed by atoms with Gasteiger partial charge in [-0.15, -0.1) is 0 Å². The Bertz CT molecular complexity index is 1220. The van der Waals surface area contributed by atoms with Crippen LogP contribution in [0.25, 0.3) is 0 Å². The van der Waals surface area contributed by atoms with E-state index in [4.69, 9.17) is 31.8 Å². The molecule has 0 N–H and O–H groups in total. The van der Waals surface area contributed by atoms with Crippen LogP contribution in [-0.4, -0.2) is 20.1 Å². The summed E-state index contributed by atoms with van der Waals surface area (Å²) in [4.78, 5) is 0. The molecule has 8 nitrogen and oxygen atoms in total. The van der Waals surface area contributed by atoms with Crippen molar-refractivity contribution in [3.8, 4) is 0 Å². The Balaban J connectivity index is 1.45. The summed E-state index contributed by atoms with van der Waals surface area (Å²) in [6, 6.07) is 20.8. The first kappa shape index (κ1) is 21.0. The first-order chi connectivity index (χ1) is 15.5. The number of halogens is 2. The molecule has 0 saturated heterocycles. The minimum Gasteiger partial charge on any atom is -0.268 e. The normalized spacial score (nSPS) is 19.9. The van der Waals surface area contributed by atoms with Gasteiger partial charge in [-0.1, -0.05) is 59.6 Å². The van der Waals surface area contributed by atoms with Crippen LogP contribution in [0.2, 0.25) is 10.0 Å². The molecule has 12 heteroatoms. The van der Waals surface area contributed by atoms with Crippen LogP contribution in [0.4, 0.5) is 11.4 Å². The van der Waals surface area contributed by atoms with Gasteiger partial charge < -0.3 is 0 Å². The summed E-state index contributed by atoms with van der Waals surface area (Å²) in [7, 11) is 0. The van der Waals surface area contributed by atoms with Crippen LogP contribution in [0.5, 0.6) is 0 Å². The Morgan fingerprint density at radius 2 is 1.06 bits per heavy atom. The Labute approximate surface area is 198 Å². The minimum atomic E-state index is -1.83. The zero-order valence-corrected chi connectivity index (χ0v) is 19.1. The number of amidine groups is 2. The lowest BCUT2D eigenvalue weighted by atomic mass is 10.1. The van der Waals surface area contributed by atoms with Gasteiger partial charge in [-0.25, -0.2) is 8.61 Å². The molecule has 32 heavy (non-hydrogen) atoms. The molecule has 0 fully saturated rings. The molecule has 3 aromatic carbocycles. The van der Waals surface area contributed by atoms with Crippen LogP contribution in [0, 0.1) is 0 Å². The zero-order chi connectivity index (χ0) is 22.2. The molecule has 162 valence electrons. The molecule has 2 aliphatic rings. The average Bonchev–Trinajstić information content (AvgIpc) is 3.36. The fourth-order valence-corrected chi connectivity index (χ4v) is 5.05. The largest absolute Gasteiger partial charge is 0.346 e. The van der Waals surface area contributed by atoms with Crippen LogP contribution in [-0.2, 0) is 31.1 Å². The highest BCUT2D eigenvalue weighted by Crippen LogP contribution is 2.29. The van der Waals surface area contributed by atoms with Gasteiger partial charge in [0.05, 0.1) is 11.4 Å². The fraction of sp³-hybridized carbons (Fsp3) is 0. The van der Waals surface area contributed by atoms with E-state index in [1.807, 2.05) is 0 Å². The topological polar surface area (TPSA) is 83.8 Å². The van der Waals surface area contributed by atoms with E-state index in [9.17, 15) is 8.42 Å². The van der Waals surface area contributed by atoms with Crippen molar-refractivity contribution in [3.63, 3.8) is 0 Å². The van der Waals surface area contributed by atoms with E-state index in [0.29, 0.717) is 44.2 Å². The zero-order valence-electron chi connectivity index (χ0n) is 15.9. The van der Waals surface area contributed by atoms with Crippen molar-refractivity contribution in [2.24, 2.45) is 10.3 Å². The highest BCUT2D eigenvalue weighted by Gasteiger charge is 2.32. The molecule has 0 aromatic heterocycles. The minimum absolute atomic E-state index is 0.358. The number of rotatable bonds is 4. The van der Waals surface area contributed by atoms with Crippen LogP contribution < -0.4 is 8.61 Å². The van der Waals surface area contributed by atoms with Crippen molar-refractivity contribution in [2.75, 3.05) is 8.61 Å². The van der Waals surface area contributed by atoms with Gasteiger partial charge in [0.2, 0.25) is 0 Å². The van der Waals surface area contributed by atoms with E-state index in [0.717, 1.165) is 0 Å². The second-order valence-corrected chi connectivity index (χ2v) is 9.31. The van der Waals surface area contributed by atoms with Gasteiger partial charge in [0.1, 0.15) is 0 Å². The number of hydrogen-bond donors (Lipinski definition) is 0. The second-order valence-electron chi connectivity index (χ2n) is 6.54. The summed E-state index contributed by atoms with van der Waals surface area (Å²) in [6.07, 6.45) is 0. The number of nitrogens with zero attached hydrogens (tertiary/aromatic N) is 4. The van der Waals surface area contributed by atoms with Gasteiger partial charge in [-0.05, 0) is 46.7 Å². The second kappa shape index (κ2) is 8.55. The standard InChI is InChI=1S/C20H12Cl2N4O4S2/c21-15-3-1-5-17(11-15)25-19(23-29-31(25)27)13-7-9-14(10-8-13)20-24-30-32(28)26(20)18-6-2-4-16(22)12-18/h1-12H. The number of anilines is 2. The van der Waals surface area contributed by atoms with Crippen molar-refractivity contribution < 1.29 is 17.0 Å². The predicted molar refractivity (Wildman–Crippen MR) is 126 cm³/mol. The van der Waals surface area contributed by atoms with E-state index in [1.165, 1.54) is 8.61 Å². The van der Waals surface area contributed by atoms with Crippen molar-refractivity contribution in [3.05, 3.63) is 94.0 Å². The number of hydrogen-bond acceptors (Lipinski definition) is 6. The summed E-state index contributed by atoms with van der Waals surface area (Å²) < 4.78 is 37.6. The molecule has 2 heterocycles. The molecule has 2 unspecified atom stereocenters. The maximum absolute atomic E-state index is 12.4. The van der Waals surface area contributed by atoms with Gasteiger partial charge in [0, 0.05) is 21.2 Å². The summed E-state index contributed by atoms with van der Waals surface area (Å²) >= 11 is 8.49. The van der Waals surface area contributed by atoms with Crippen LogP contribution in [0.3, 0.4) is 0 Å². The molecule has 0 radical (unpaired) electrons. The quantitative estimate of drug-likeness (QED) is 0.519. The Morgan fingerprint density at radius 3 is 1.44 bits per heavy atom. The van der Waals surface area contributed by atoms with Crippen LogP contribution in [0.1, 0.15) is 11.1 Å². The molecule has 0 spiro atoms. The van der Waals surface area contributed by atoms with Crippen molar-refractivity contribution in [1.29, 1.82) is 0 Å². The maximum atomic E-state index is 12.4. The third-order valence-corrected chi connectivity index (χ3v) is 6.78. The molecule has 0 amide bonds. The number of oxime groups is 2. The molecular formula is C20H12Cl2N4O4S2. The van der Waals surface area contributed by atoms with Gasteiger partial charge in [-0.2, -0.15) is 8.42 Å². The Morgan fingerprint density at radius 1 is 0.656 bits per heavy atom. The van der Waals surface area contributed by atoms with Gasteiger partial charge in [-0.3, -0.25) is 8.57 Å². The fourth-order valence-electron chi connectivity index (χ4n) is 3.15. The van der Waals surface area contributed by atoms with E-state index >= 15 is 0 Å². The molecular weight excluding hydrogens is 495 g/mol. The highest BCUT2D eigenvalue weighted by molar-refractivity contribution is 7.83. The molecule has 0 bridgehead atoms. The first-order valence-corrected chi connectivity index (χ1v) is 11.9. The lowest BCUT2D eigenvalue weighted by molar-refractivity contribution is 0.386. The Hall–Kier alpha value is -2.92. The average molecular weight is 507 g/mol. The molecule has 2 aliphatic heterocycles. The lowest BCUT2D eigenvalue weighted by Gasteiger charge is -2.17. The molecule has 3 aromatic rings. The summed E-state index contributed by atoms with van der Waals surface area (Å²) in [5.41, 5.74) is 2.45. The molecule has 5 rings (SSSR count). The summed E-state index contributed by atoms with van der Waals surface area (Å²) in [5, 5.41) is 8.90. The molecule has 2 atom stereocenters. The van der Waals surface area contributed by atoms with Gasteiger partial charge >= 0.3 is 22.5 Å². The summed E-state index contributed by atoms with van der Waals surface area (Å²) in [5.74, 6) is 0.717. The summed E-state index contributed by atoms with van der Waals surface area (Å²) in [6.45, 7) is 0. The van der Waals surface area contributed by atoms with Crippen molar-refractivity contribution >= 4 is 68.8 Å². The SMILES string of the molecule is O=S1ON=C(c2ccc(C3=NOS(=O)N3c3cccc(Cl)c3)cc2)N1c1cccc(Cl)c1. The van der Waals surface area contributed by atoms with E-state index in [2.05, 4.69) is 10.3 Å². The van der Waals surface area contributed by atoms with Crippen molar-refractivity contribution in [2.45, 2.75) is 0 Å². The monoisotopic (exact) mass is 506 g/mol. The van der Waals surface area contributed by atoms with Gasteiger partial charge in [0.25, 0.3) is 0 Å².